The maximum atomic E-state index is 11.7. The zero-order valence-electron chi connectivity index (χ0n) is 18.5. The Hall–Kier alpha value is -1.79. The number of amides is 1. The van der Waals surface area contributed by atoms with Crippen molar-refractivity contribution in [1.82, 2.24) is 15.5 Å². The molecule has 1 fully saturated rings. The predicted octanol–water partition coefficient (Wildman–Crippen LogP) is 3.17. The van der Waals surface area contributed by atoms with E-state index in [1.807, 2.05) is 32.9 Å². The van der Waals surface area contributed by atoms with E-state index in [-0.39, 0.29) is 11.5 Å². The minimum Gasteiger partial charge on any atom is -0.508 e. The summed E-state index contributed by atoms with van der Waals surface area (Å²) in [5.74, 6) is 0.356. The highest BCUT2D eigenvalue weighted by atomic mass is 16.6. The van der Waals surface area contributed by atoms with E-state index in [0.717, 1.165) is 38.8 Å². The van der Waals surface area contributed by atoms with E-state index in [9.17, 15) is 9.90 Å². The maximum Gasteiger partial charge on any atom is 0.407 e. The van der Waals surface area contributed by atoms with E-state index >= 15 is 0 Å². The molecule has 162 valence electrons. The van der Waals surface area contributed by atoms with Gasteiger partial charge < -0.3 is 25.4 Å². The van der Waals surface area contributed by atoms with Crippen LogP contribution in [0.5, 0.6) is 5.75 Å². The fourth-order valence-corrected chi connectivity index (χ4v) is 4.86. The topological polar surface area (TPSA) is 73.8 Å². The Morgan fingerprint density at radius 2 is 2.03 bits per heavy atom. The van der Waals surface area contributed by atoms with Crippen molar-refractivity contribution < 1.29 is 14.6 Å². The zero-order valence-corrected chi connectivity index (χ0v) is 18.5. The first-order valence-electron chi connectivity index (χ1n) is 10.8. The molecule has 1 amide bonds. The average Bonchev–Trinajstić information content (AvgIpc) is 2.62. The van der Waals surface area contributed by atoms with Crippen LogP contribution in [0.25, 0.3) is 0 Å². The number of nitrogens with zero attached hydrogens (tertiary/aromatic N) is 1. The lowest BCUT2D eigenvalue weighted by atomic mass is 9.61. The number of piperidine rings is 1. The fraction of sp³-hybridized carbons (Fsp3) is 0.696. The first-order chi connectivity index (χ1) is 13.6. The largest absolute Gasteiger partial charge is 0.508 e. The van der Waals surface area contributed by atoms with Crippen LogP contribution in [-0.4, -0.2) is 60.5 Å². The molecular weight excluding hydrogens is 366 g/mol. The number of aromatic hydroxyl groups is 1. The van der Waals surface area contributed by atoms with Crippen molar-refractivity contribution >= 4 is 6.09 Å². The minimum absolute atomic E-state index is 0.0261. The van der Waals surface area contributed by atoms with E-state index in [0.29, 0.717) is 24.4 Å². The second kappa shape index (κ2) is 8.52. The van der Waals surface area contributed by atoms with E-state index in [2.05, 4.69) is 35.6 Å². The molecule has 0 aromatic heterocycles. The summed E-state index contributed by atoms with van der Waals surface area (Å²) in [5.41, 5.74) is 2.22. The summed E-state index contributed by atoms with van der Waals surface area (Å²) in [4.78, 5) is 14.2. The Kier molecular flexibility index (Phi) is 6.44. The Bertz CT molecular complexity index is 731. The van der Waals surface area contributed by atoms with E-state index < -0.39 is 5.60 Å². The third kappa shape index (κ3) is 5.04. The Morgan fingerprint density at radius 3 is 2.76 bits per heavy atom. The van der Waals surface area contributed by atoms with Gasteiger partial charge in [-0.2, -0.15) is 0 Å². The number of hydrogen-bond donors (Lipinski definition) is 3. The zero-order chi connectivity index (χ0) is 21.2. The van der Waals surface area contributed by atoms with Crippen LogP contribution in [0, 0.1) is 0 Å². The molecule has 0 saturated carbocycles. The van der Waals surface area contributed by atoms with Crippen LogP contribution in [0.3, 0.4) is 0 Å². The molecule has 3 rings (SSSR count). The molecule has 1 saturated heterocycles. The van der Waals surface area contributed by atoms with Crippen LogP contribution in [-0.2, 0) is 16.6 Å². The predicted molar refractivity (Wildman–Crippen MR) is 115 cm³/mol. The maximum absolute atomic E-state index is 11.7. The molecule has 2 aliphatic rings. The molecule has 0 radical (unpaired) electrons. The molecule has 6 heteroatoms. The van der Waals surface area contributed by atoms with E-state index in [1.165, 1.54) is 11.1 Å². The Morgan fingerprint density at radius 1 is 1.31 bits per heavy atom. The summed E-state index contributed by atoms with van der Waals surface area (Å²) in [6, 6.07) is 6.69. The lowest BCUT2D eigenvalue weighted by molar-refractivity contribution is 0.0526. The number of unbranched alkanes of at least 4 members (excludes halogenated alkanes) is 1. The number of ether oxygens (including phenoxy) is 1. The number of rotatable bonds is 6. The second-order valence-corrected chi connectivity index (χ2v) is 9.83. The van der Waals surface area contributed by atoms with E-state index in [4.69, 9.17) is 4.74 Å². The van der Waals surface area contributed by atoms with Crippen LogP contribution in [0.2, 0.25) is 0 Å². The molecule has 1 aliphatic carbocycles. The highest BCUT2D eigenvalue weighted by Crippen LogP contribution is 2.45. The summed E-state index contributed by atoms with van der Waals surface area (Å²) in [5, 5.41) is 16.7. The summed E-state index contributed by atoms with van der Waals surface area (Å²) in [6.45, 7) is 10.6. The number of phenols is 1. The molecule has 3 N–H and O–H groups in total. The number of hydrogen-bond acceptors (Lipinski definition) is 5. The lowest BCUT2D eigenvalue weighted by Crippen LogP contribution is -2.66. The van der Waals surface area contributed by atoms with Crippen LogP contribution in [0.15, 0.2) is 18.2 Å². The smallest absolute Gasteiger partial charge is 0.407 e. The Balaban J connectivity index is 1.53. The summed E-state index contributed by atoms with van der Waals surface area (Å²) in [7, 11) is 2.22. The number of benzene rings is 1. The third-order valence-electron chi connectivity index (χ3n) is 6.40. The molecule has 1 aromatic rings. The fourth-order valence-electron chi connectivity index (χ4n) is 4.86. The van der Waals surface area contributed by atoms with Crippen molar-refractivity contribution in [2.45, 2.75) is 76.5 Å². The van der Waals surface area contributed by atoms with Crippen molar-refractivity contribution in [1.29, 1.82) is 0 Å². The number of carbonyl (C=O) groups is 1. The molecular formula is C23H37N3O3. The van der Waals surface area contributed by atoms with Crippen LogP contribution >= 0.6 is 0 Å². The van der Waals surface area contributed by atoms with Gasteiger partial charge in [0.1, 0.15) is 11.4 Å². The Labute approximate surface area is 175 Å². The molecule has 2 bridgehead atoms. The summed E-state index contributed by atoms with van der Waals surface area (Å²) < 4.78 is 5.27. The normalized spacial score (nSPS) is 26.7. The van der Waals surface area contributed by atoms with Gasteiger partial charge in [-0.3, -0.25) is 0 Å². The van der Waals surface area contributed by atoms with Gasteiger partial charge in [0.25, 0.3) is 0 Å². The van der Waals surface area contributed by atoms with Gasteiger partial charge in [0.15, 0.2) is 0 Å². The number of likely N-dealkylation sites (tertiary alicyclic amines) is 1. The first-order valence-corrected chi connectivity index (χ1v) is 10.8. The van der Waals surface area contributed by atoms with Crippen molar-refractivity contribution in [3.63, 3.8) is 0 Å². The highest BCUT2D eigenvalue weighted by molar-refractivity contribution is 5.67. The third-order valence-corrected chi connectivity index (χ3v) is 6.40. The first kappa shape index (κ1) is 21.9. The highest BCUT2D eigenvalue weighted by Gasteiger charge is 2.49. The number of nitrogens with one attached hydrogen (secondary N) is 2. The monoisotopic (exact) mass is 403 g/mol. The van der Waals surface area contributed by atoms with Crippen molar-refractivity contribution in [3.8, 4) is 5.75 Å². The van der Waals surface area contributed by atoms with Gasteiger partial charge in [-0.15, -0.1) is 0 Å². The number of phenolic OH excluding ortho intramolecular Hbond substituents is 1. The van der Waals surface area contributed by atoms with Crippen molar-refractivity contribution in [2.75, 3.05) is 26.7 Å². The van der Waals surface area contributed by atoms with Gasteiger partial charge in [0.05, 0.1) is 0 Å². The van der Waals surface area contributed by atoms with Crippen LogP contribution < -0.4 is 10.6 Å². The SMILES string of the molecule is CN1CC[C@]2(C)c3cc(O)ccc3C[C@@H]1[C@H]2NCCCCNC(=O)OC(C)(C)C. The molecule has 0 unspecified atom stereocenters. The van der Waals surface area contributed by atoms with Gasteiger partial charge in [-0.05, 0) is 89.9 Å². The molecule has 0 spiro atoms. The molecule has 1 aliphatic heterocycles. The molecule has 3 atom stereocenters. The molecule has 6 nitrogen and oxygen atoms in total. The lowest BCUT2D eigenvalue weighted by Gasteiger charge is -2.55. The second-order valence-electron chi connectivity index (χ2n) is 9.83. The average molecular weight is 404 g/mol. The van der Waals surface area contributed by atoms with Gasteiger partial charge in [0, 0.05) is 24.0 Å². The number of likely N-dealkylation sites (N-methyl/N-ethyl adjacent to an activating group) is 1. The minimum atomic E-state index is -0.462. The number of alkyl carbamates (subject to hydrolysis) is 1. The summed E-state index contributed by atoms with van der Waals surface area (Å²) in [6.07, 6.45) is 3.64. The van der Waals surface area contributed by atoms with Crippen molar-refractivity contribution in [2.24, 2.45) is 0 Å². The summed E-state index contributed by atoms with van der Waals surface area (Å²) >= 11 is 0. The molecule has 1 heterocycles. The molecule has 1 aromatic carbocycles. The number of carbonyl (C=O) groups excluding carboxylic acids is 1. The van der Waals surface area contributed by atoms with Crippen molar-refractivity contribution in [3.05, 3.63) is 29.3 Å². The molecule has 29 heavy (non-hydrogen) atoms. The van der Waals surface area contributed by atoms with E-state index in [1.54, 1.807) is 0 Å². The number of fused-ring (bicyclic) bond motifs is 4. The standard InChI is InChI=1S/C23H37N3O3/c1-22(2,3)29-21(28)25-12-7-6-11-24-20-19-14-16-8-9-17(27)15-18(16)23(20,4)10-13-26(19)5/h8-9,15,19-20,24,27H,6-7,10-14H2,1-5H3,(H,25,28)/t19-,20-,23-/m1/s1. The van der Waals surface area contributed by atoms with Gasteiger partial charge in [-0.1, -0.05) is 13.0 Å². The van der Waals surface area contributed by atoms with Crippen LogP contribution in [0.4, 0.5) is 4.79 Å². The quantitative estimate of drug-likeness (QED) is 0.636. The van der Waals surface area contributed by atoms with Gasteiger partial charge in [-0.25, -0.2) is 4.79 Å². The van der Waals surface area contributed by atoms with Crippen LogP contribution in [0.1, 0.15) is 58.1 Å². The van der Waals surface area contributed by atoms with Gasteiger partial charge >= 0.3 is 6.09 Å². The van der Waals surface area contributed by atoms with Gasteiger partial charge in [0.2, 0.25) is 0 Å².